The van der Waals surface area contributed by atoms with E-state index in [9.17, 15) is 0 Å². The van der Waals surface area contributed by atoms with Gasteiger partial charge in [-0.25, -0.2) is 0 Å². The molecule has 2 radical (unpaired) electrons. The van der Waals surface area contributed by atoms with Crippen LogP contribution in [0.4, 0.5) is 0 Å². The van der Waals surface area contributed by atoms with Gasteiger partial charge in [-0.05, 0) is 27.0 Å². The Morgan fingerprint density at radius 1 is 1.67 bits per heavy atom. The van der Waals surface area contributed by atoms with Crippen LogP contribution in [0.1, 0.15) is 18.9 Å². The van der Waals surface area contributed by atoms with E-state index in [4.69, 9.17) is 0 Å². The molecule has 0 aliphatic rings. The first-order chi connectivity index (χ1) is 4.34. The summed E-state index contributed by atoms with van der Waals surface area (Å²) in [5.41, 5.74) is 1.44. The van der Waals surface area contributed by atoms with Crippen molar-refractivity contribution in [3.63, 3.8) is 0 Å². The highest BCUT2D eigenvalue weighted by molar-refractivity contribution is 7.51. The Morgan fingerprint density at radius 3 is 2.89 bits per heavy atom. The summed E-state index contributed by atoms with van der Waals surface area (Å²) in [7, 11) is 5.19. The van der Waals surface area contributed by atoms with Crippen LogP contribution in [-0.4, -0.2) is 0 Å². The maximum Gasteiger partial charge on any atom is 0.00548 e. The van der Waals surface area contributed by atoms with E-state index in [1.807, 2.05) is 0 Å². The predicted molar refractivity (Wildman–Crippen MR) is 46.5 cm³/mol. The molecular weight excluding hydrogens is 146 g/mol. The molecule has 9 heavy (non-hydrogen) atoms. The van der Waals surface area contributed by atoms with E-state index in [0.29, 0.717) is 0 Å². The lowest BCUT2D eigenvalue weighted by molar-refractivity contribution is 0.931. The van der Waals surface area contributed by atoms with Crippen molar-refractivity contribution in [1.82, 2.24) is 0 Å². The molecule has 0 saturated carbocycles. The van der Waals surface area contributed by atoms with Gasteiger partial charge in [0.25, 0.3) is 0 Å². The zero-order valence-corrected chi connectivity index (χ0v) is 7.41. The van der Waals surface area contributed by atoms with E-state index >= 15 is 0 Å². The van der Waals surface area contributed by atoms with Gasteiger partial charge in [0.1, 0.15) is 0 Å². The number of hydrogen-bond donors (Lipinski definition) is 0. The van der Waals surface area contributed by atoms with Crippen molar-refractivity contribution in [2.24, 2.45) is 0 Å². The molecule has 1 unspecified atom stereocenters. The number of hydrogen-bond acceptors (Lipinski definition) is 0. The second-order valence-corrected chi connectivity index (χ2v) is 4.09. The van der Waals surface area contributed by atoms with Crippen molar-refractivity contribution in [3.8, 4) is 0 Å². The van der Waals surface area contributed by atoms with Crippen LogP contribution in [0.25, 0.3) is 0 Å². The molecule has 0 spiro atoms. The first-order valence-electron chi connectivity index (χ1n) is 3.19. The van der Waals surface area contributed by atoms with Gasteiger partial charge in [0, 0.05) is 5.04 Å². The minimum atomic E-state index is 0.836. The Morgan fingerprint density at radius 2 is 2.44 bits per heavy atom. The van der Waals surface area contributed by atoms with Gasteiger partial charge in [-0.3, -0.25) is 0 Å². The van der Waals surface area contributed by atoms with Gasteiger partial charge < -0.3 is 0 Å². The van der Waals surface area contributed by atoms with E-state index in [1.165, 1.54) is 23.4 Å². The lowest BCUT2D eigenvalue weighted by atomic mass is 10.2. The van der Waals surface area contributed by atoms with E-state index in [-0.39, 0.29) is 0 Å². The van der Waals surface area contributed by atoms with Gasteiger partial charge in [0.15, 0.2) is 0 Å². The van der Waals surface area contributed by atoms with E-state index < -0.39 is 0 Å². The average Bonchev–Trinajstić information content (AvgIpc) is 2.18. The standard InChI is InChI=1S/C7H10P2/c1-2-3-6-4-5-9-7(6)8/h4-5,9H,2-3H2,1H3. The first kappa shape index (κ1) is 7.32. The summed E-state index contributed by atoms with van der Waals surface area (Å²) in [6.45, 7) is 2.20. The lowest BCUT2D eigenvalue weighted by Crippen LogP contribution is -1.90. The molecule has 1 heterocycles. The van der Waals surface area contributed by atoms with Gasteiger partial charge in [0.2, 0.25) is 0 Å². The summed E-state index contributed by atoms with van der Waals surface area (Å²) in [6.07, 6.45) is 2.43. The first-order valence-corrected chi connectivity index (χ1v) is 4.72. The van der Waals surface area contributed by atoms with Crippen LogP contribution >= 0.6 is 17.4 Å². The second-order valence-electron chi connectivity index (χ2n) is 2.10. The molecule has 1 aromatic rings. The molecule has 48 valence electrons. The van der Waals surface area contributed by atoms with Crippen molar-refractivity contribution in [1.29, 1.82) is 0 Å². The molecule has 2 heteroatoms. The summed E-state index contributed by atoms with van der Waals surface area (Å²) in [4.78, 5) is 0. The van der Waals surface area contributed by atoms with Crippen LogP contribution in [0.5, 0.6) is 0 Å². The summed E-state index contributed by atoms with van der Waals surface area (Å²) in [5, 5.41) is 1.29. The molecule has 0 amide bonds. The van der Waals surface area contributed by atoms with Crippen molar-refractivity contribution >= 4 is 22.5 Å². The summed E-state index contributed by atoms with van der Waals surface area (Å²) in [5.74, 6) is 2.20. The minimum Gasteiger partial charge on any atom is -0.131 e. The van der Waals surface area contributed by atoms with Gasteiger partial charge in [-0.1, -0.05) is 19.4 Å². The topological polar surface area (TPSA) is 0 Å². The smallest absolute Gasteiger partial charge is 0.00548 e. The van der Waals surface area contributed by atoms with Crippen LogP contribution < -0.4 is 5.04 Å². The molecule has 0 fully saturated rings. The minimum absolute atomic E-state index is 0.836. The quantitative estimate of drug-likeness (QED) is 0.577. The van der Waals surface area contributed by atoms with Crippen molar-refractivity contribution < 1.29 is 0 Å². The Labute approximate surface area is 60.3 Å². The summed E-state index contributed by atoms with van der Waals surface area (Å²) >= 11 is 0. The lowest BCUT2D eigenvalue weighted by Gasteiger charge is -1.92. The number of rotatable bonds is 2. The maximum absolute atomic E-state index is 4.35. The van der Waals surface area contributed by atoms with Crippen LogP contribution in [0.15, 0.2) is 11.9 Å². The normalized spacial score (nSPS) is 10.9. The Balaban J connectivity index is 2.69. The third-order valence-electron chi connectivity index (χ3n) is 1.33. The van der Waals surface area contributed by atoms with Gasteiger partial charge in [0.05, 0.1) is 0 Å². The van der Waals surface area contributed by atoms with E-state index in [1.54, 1.807) is 0 Å². The molecule has 0 bridgehead atoms. The zero-order chi connectivity index (χ0) is 6.69. The maximum atomic E-state index is 4.35. The second kappa shape index (κ2) is 3.40. The van der Waals surface area contributed by atoms with Crippen LogP contribution in [0, 0.1) is 0 Å². The fourth-order valence-corrected chi connectivity index (χ4v) is 2.11. The van der Waals surface area contributed by atoms with E-state index in [2.05, 4.69) is 28.0 Å². The van der Waals surface area contributed by atoms with Crippen molar-refractivity contribution in [2.75, 3.05) is 0 Å². The molecule has 0 aliphatic carbocycles. The van der Waals surface area contributed by atoms with Crippen LogP contribution in [0.3, 0.4) is 0 Å². The Kier molecular flexibility index (Phi) is 2.76. The highest BCUT2D eigenvalue weighted by Gasteiger charge is 1.95. The Hall–Kier alpha value is 0.210. The highest BCUT2D eigenvalue weighted by atomic mass is 31.1. The molecular formula is C7H10P2. The van der Waals surface area contributed by atoms with Gasteiger partial charge in [-0.15, -0.1) is 8.19 Å². The van der Waals surface area contributed by atoms with Gasteiger partial charge in [-0.2, -0.15) is 0 Å². The number of aryl methyl sites for hydroxylation is 1. The van der Waals surface area contributed by atoms with E-state index in [0.717, 1.165) is 8.19 Å². The third-order valence-corrected chi connectivity index (χ3v) is 2.93. The fraction of sp³-hybridized carbons (Fsp3) is 0.429. The molecule has 0 aromatic carbocycles. The van der Waals surface area contributed by atoms with Gasteiger partial charge >= 0.3 is 0 Å². The average molecular weight is 156 g/mol. The largest absolute Gasteiger partial charge is 0.131 e. The van der Waals surface area contributed by atoms with Crippen LogP contribution in [0.2, 0.25) is 0 Å². The molecule has 0 N–H and O–H groups in total. The molecule has 0 aliphatic heterocycles. The SMILES string of the molecule is CCCc1cc[pH]c1[P]. The Bertz CT molecular complexity index is 179. The van der Waals surface area contributed by atoms with Crippen molar-refractivity contribution in [3.05, 3.63) is 17.4 Å². The third kappa shape index (κ3) is 1.81. The fourth-order valence-electron chi connectivity index (χ4n) is 0.864. The van der Waals surface area contributed by atoms with Crippen LogP contribution in [-0.2, 0) is 6.42 Å². The molecule has 1 atom stereocenters. The molecule has 1 rings (SSSR count). The summed E-state index contributed by atoms with van der Waals surface area (Å²) < 4.78 is 0. The highest BCUT2D eigenvalue weighted by Crippen LogP contribution is 2.13. The molecule has 0 nitrogen and oxygen atoms in total. The van der Waals surface area contributed by atoms with Crippen molar-refractivity contribution in [2.45, 2.75) is 19.8 Å². The molecule has 0 saturated heterocycles. The summed E-state index contributed by atoms with van der Waals surface area (Å²) in [6, 6.07) is 2.20. The predicted octanol–water partition coefficient (Wildman–Crippen LogP) is 2.71. The monoisotopic (exact) mass is 156 g/mol. The molecule has 1 aromatic heterocycles. The zero-order valence-electron chi connectivity index (χ0n) is 5.52.